The number of rotatable bonds is 2. The highest BCUT2D eigenvalue weighted by Crippen LogP contribution is 2.35. The number of benzene rings is 2. The first-order valence-corrected chi connectivity index (χ1v) is 8.35. The molecule has 4 rings (SSSR count). The second-order valence-electron chi connectivity index (χ2n) is 5.83. The first kappa shape index (κ1) is 15.2. The molecule has 1 aromatic heterocycles. The van der Waals surface area contributed by atoms with Crippen LogP contribution in [0, 0.1) is 0 Å². The van der Waals surface area contributed by atoms with Crippen molar-refractivity contribution in [2.24, 2.45) is 0 Å². The summed E-state index contributed by atoms with van der Waals surface area (Å²) in [5.41, 5.74) is 3.35. The van der Waals surface area contributed by atoms with E-state index < -0.39 is 0 Å². The molecule has 2 aromatic carbocycles. The molecule has 0 atom stereocenters. The Hall–Kier alpha value is -2.30. The van der Waals surface area contributed by atoms with Crippen LogP contribution in [0.2, 0.25) is 5.02 Å². The minimum atomic E-state index is -0.0921. The van der Waals surface area contributed by atoms with Gasteiger partial charge in [-0.25, -0.2) is 0 Å². The molecule has 0 bridgehead atoms. The van der Waals surface area contributed by atoms with Gasteiger partial charge in [-0.2, -0.15) is 0 Å². The largest absolute Gasteiger partial charge is 0.378 e. The summed E-state index contributed by atoms with van der Waals surface area (Å²) in [5.74, 6) is 0. The number of H-pyrrole nitrogens is 1. The molecule has 3 aromatic rings. The van der Waals surface area contributed by atoms with Gasteiger partial charge in [0.1, 0.15) is 5.69 Å². The lowest BCUT2D eigenvalue weighted by Crippen LogP contribution is -2.39. The fraction of sp³-hybridized carbons (Fsp3) is 0.211. The van der Waals surface area contributed by atoms with Gasteiger partial charge in [-0.3, -0.25) is 4.79 Å². The standard InChI is InChI=1S/C19H17ClN2O2/c20-14-6-7-15-16(12-14)21-19(23)18(22-8-10-24-11-9-22)17(15)13-4-2-1-3-5-13/h1-7,12H,8-11H2,(H,21,23). The lowest BCUT2D eigenvalue weighted by molar-refractivity contribution is 0.122. The second-order valence-corrected chi connectivity index (χ2v) is 6.27. The highest BCUT2D eigenvalue weighted by atomic mass is 35.5. The molecule has 2 heterocycles. The number of ether oxygens (including phenoxy) is 1. The maximum Gasteiger partial charge on any atom is 0.272 e. The highest BCUT2D eigenvalue weighted by Gasteiger charge is 2.21. The molecule has 4 nitrogen and oxygen atoms in total. The summed E-state index contributed by atoms with van der Waals surface area (Å²) in [5, 5.41) is 1.60. The lowest BCUT2D eigenvalue weighted by Gasteiger charge is -2.30. The SMILES string of the molecule is O=c1[nH]c2cc(Cl)ccc2c(-c2ccccc2)c1N1CCOCC1. The molecule has 1 saturated heterocycles. The number of anilines is 1. The van der Waals surface area contributed by atoms with Crippen molar-refractivity contribution in [3.05, 3.63) is 63.9 Å². The molecule has 0 aliphatic carbocycles. The molecule has 122 valence electrons. The fourth-order valence-electron chi connectivity index (χ4n) is 3.25. The Morgan fingerprint density at radius 1 is 1.04 bits per heavy atom. The Bertz CT molecular complexity index is 931. The zero-order valence-electron chi connectivity index (χ0n) is 13.1. The number of nitrogens with zero attached hydrogens (tertiary/aromatic N) is 1. The smallest absolute Gasteiger partial charge is 0.272 e. The number of fused-ring (bicyclic) bond motifs is 1. The Kier molecular flexibility index (Phi) is 4.00. The van der Waals surface area contributed by atoms with E-state index in [0.29, 0.717) is 37.0 Å². The van der Waals surface area contributed by atoms with Gasteiger partial charge < -0.3 is 14.6 Å². The summed E-state index contributed by atoms with van der Waals surface area (Å²) in [7, 11) is 0. The summed E-state index contributed by atoms with van der Waals surface area (Å²) in [6.45, 7) is 2.68. The van der Waals surface area contributed by atoms with Crippen molar-refractivity contribution in [3.8, 4) is 11.1 Å². The normalized spacial score (nSPS) is 15.0. The van der Waals surface area contributed by atoms with Gasteiger partial charge in [0, 0.05) is 29.1 Å². The minimum absolute atomic E-state index is 0.0921. The average molecular weight is 341 g/mol. The van der Waals surface area contributed by atoms with E-state index in [0.717, 1.165) is 22.0 Å². The van der Waals surface area contributed by atoms with Gasteiger partial charge >= 0.3 is 0 Å². The molecule has 24 heavy (non-hydrogen) atoms. The second kappa shape index (κ2) is 6.30. The molecule has 1 aliphatic heterocycles. The Labute approximate surface area is 144 Å². The van der Waals surface area contributed by atoms with Gasteiger partial charge in [0.15, 0.2) is 0 Å². The monoisotopic (exact) mass is 340 g/mol. The number of pyridine rings is 1. The van der Waals surface area contributed by atoms with Gasteiger partial charge in [0.2, 0.25) is 0 Å². The van der Waals surface area contributed by atoms with Crippen LogP contribution in [0.25, 0.3) is 22.0 Å². The van der Waals surface area contributed by atoms with Gasteiger partial charge in [0.25, 0.3) is 5.56 Å². The minimum Gasteiger partial charge on any atom is -0.378 e. The predicted octanol–water partition coefficient (Wildman–Crippen LogP) is 3.69. The number of halogens is 1. The number of nitrogens with one attached hydrogen (secondary N) is 1. The molecular formula is C19H17ClN2O2. The van der Waals surface area contributed by atoms with E-state index in [1.165, 1.54) is 0 Å². The Balaban J connectivity index is 2.04. The number of aromatic amines is 1. The third kappa shape index (κ3) is 2.68. The van der Waals surface area contributed by atoms with Crippen molar-refractivity contribution in [3.63, 3.8) is 0 Å². The van der Waals surface area contributed by atoms with Crippen molar-refractivity contribution >= 4 is 28.2 Å². The van der Waals surface area contributed by atoms with Crippen molar-refractivity contribution in [1.82, 2.24) is 4.98 Å². The first-order chi connectivity index (χ1) is 11.7. The van der Waals surface area contributed by atoms with Gasteiger partial charge in [-0.1, -0.05) is 48.0 Å². The van der Waals surface area contributed by atoms with Crippen LogP contribution in [0.15, 0.2) is 53.3 Å². The molecule has 0 spiro atoms. The molecular weight excluding hydrogens is 324 g/mol. The maximum atomic E-state index is 12.9. The molecule has 0 radical (unpaired) electrons. The third-order valence-corrected chi connectivity index (χ3v) is 4.58. The average Bonchev–Trinajstić information content (AvgIpc) is 2.62. The molecule has 5 heteroatoms. The van der Waals surface area contributed by atoms with Crippen LogP contribution in [0.1, 0.15) is 0 Å². The Morgan fingerprint density at radius 2 is 1.79 bits per heavy atom. The third-order valence-electron chi connectivity index (χ3n) is 4.34. The lowest BCUT2D eigenvalue weighted by atomic mass is 9.98. The first-order valence-electron chi connectivity index (χ1n) is 7.98. The van der Waals surface area contributed by atoms with Crippen molar-refractivity contribution < 1.29 is 4.74 Å². The van der Waals surface area contributed by atoms with E-state index in [9.17, 15) is 4.79 Å². The number of aromatic nitrogens is 1. The predicted molar refractivity (Wildman–Crippen MR) is 98.0 cm³/mol. The van der Waals surface area contributed by atoms with E-state index in [1.807, 2.05) is 42.5 Å². The summed E-state index contributed by atoms with van der Waals surface area (Å²) < 4.78 is 5.44. The van der Waals surface area contributed by atoms with Crippen LogP contribution < -0.4 is 10.5 Å². The van der Waals surface area contributed by atoms with Crippen molar-refractivity contribution in [2.75, 3.05) is 31.2 Å². The van der Waals surface area contributed by atoms with E-state index >= 15 is 0 Å². The zero-order chi connectivity index (χ0) is 16.5. The summed E-state index contributed by atoms with van der Waals surface area (Å²) in [6, 6.07) is 15.7. The van der Waals surface area contributed by atoms with Crippen LogP contribution in [0.4, 0.5) is 5.69 Å². The van der Waals surface area contributed by atoms with Crippen LogP contribution in [0.5, 0.6) is 0 Å². The van der Waals surface area contributed by atoms with Crippen LogP contribution >= 0.6 is 11.6 Å². The number of morpholine rings is 1. The van der Waals surface area contributed by atoms with E-state index in [2.05, 4.69) is 9.88 Å². The number of hydrogen-bond donors (Lipinski definition) is 1. The van der Waals surface area contributed by atoms with E-state index in [1.54, 1.807) is 6.07 Å². The van der Waals surface area contributed by atoms with Gasteiger partial charge in [-0.05, 0) is 17.7 Å². The van der Waals surface area contributed by atoms with E-state index in [-0.39, 0.29) is 5.56 Å². The molecule has 1 aliphatic rings. The molecule has 1 fully saturated rings. The fourth-order valence-corrected chi connectivity index (χ4v) is 3.42. The van der Waals surface area contributed by atoms with Gasteiger partial charge in [0.05, 0.1) is 18.7 Å². The van der Waals surface area contributed by atoms with Crippen LogP contribution in [0.3, 0.4) is 0 Å². The summed E-state index contributed by atoms with van der Waals surface area (Å²) >= 11 is 6.11. The quantitative estimate of drug-likeness (QED) is 0.774. The Morgan fingerprint density at radius 3 is 2.54 bits per heavy atom. The van der Waals surface area contributed by atoms with Crippen molar-refractivity contribution in [2.45, 2.75) is 0 Å². The summed E-state index contributed by atoms with van der Waals surface area (Å²) in [6.07, 6.45) is 0. The van der Waals surface area contributed by atoms with Crippen molar-refractivity contribution in [1.29, 1.82) is 0 Å². The maximum absolute atomic E-state index is 12.9. The topological polar surface area (TPSA) is 45.3 Å². The van der Waals surface area contributed by atoms with Gasteiger partial charge in [-0.15, -0.1) is 0 Å². The molecule has 1 N–H and O–H groups in total. The zero-order valence-corrected chi connectivity index (χ0v) is 13.8. The molecule has 0 unspecified atom stereocenters. The molecule has 0 saturated carbocycles. The van der Waals surface area contributed by atoms with Crippen LogP contribution in [-0.2, 0) is 4.74 Å². The summed E-state index contributed by atoms with van der Waals surface area (Å²) in [4.78, 5) is 18.0. The highest BCUT2D eigenvalue weighted by molar-refractivity contribution is 6.31. The molecule has 0 amide bonds. The van der Waals surface area contributed by atoms with Crippen LogP contribution in [-0.4, -0.2) is 31.3 Å². The van der Waals surface area contributed by atoms with E-state index in [4.69, 9.17) is 16.3 Å². The number of hydrogen-bond acceptors (Lipinski definition) is 3.